The highest BCUT2D eigenvalue weighted by atomic mass is 14.6. The van der Waals surface area contributed by atoms with E-state index in [1.54, 1.807) is 0 Å². The van der Waals surface area contributed by atoms with Crippen molar-refractivity contribution in [2.24, 2.45) is 0 Å². The molecule has 1 heteroatoms. The second-order valence-electron chi connectivity index (χ2n) is 10.2. The minimum Gasteiger partial charge on any atom is -0.398 e. The average molecular weight is 420 g/mol. The molecule has 0 saturated heterocycles. The van der Waals surface area contributed by atoms with Crippen LogP contribution >= 0.6 is 0 Å². The molecule has 0 heterocycles. The molecule has 0 aliphatic rings. The number of hydrogen-bond donors (Lipinski definition) is 1. The zero-order chi connectivity index (χ0) is 22.7. The molecule has 5 rings (SSSR count). The Morgan fingerprint density at radius 2 is 1.19 bits per heavy atom. The van der Waals surface area contributed by atoms with E-state index < -0.39 is 0 Å². The van der Waals surface area contributed by atoms with Crippen LogP contribution in [0.3, 0.4) is 0 Å². The number of benzene rings is 5. The van der Waals surface area contributed by atoms with E-state index in [1.807, 2.05) is 0 Å². The largest absolute Gasteiger partial charge is 0.398 e. The standard InChI is InChI=1S/C31H33N/c1-17(2)20-7-9-22(10-8-20)29-27(19(5)6)25-14-12-21-11-13-23(18(3)4)24-15-16-26(31(29)32)30(25)28(21)24/h7-19H,32H2,1-6H3. The minimum absolute atomic E-state index is 0.367. The van der Waals surface area contributed by atoms with Crippen LogP contribution in [0.5, 0.6) is 0 Å². The predicted molar refractivity (Wildman–Crippen MR) is 142 cm³/mol. The fourth-order valence-corrected chi connectivity index (χ4v) is 5.48. The van der Waals surface area contributed by atoms with Crippen LogP contribution < -0.4 is 5.73 Å². The smallest absolute Gasteiger partial charge is 0.0476 e. The zero-order valence-electron chi connectivity index (χ0n) is 20.1. The van der Waals surface area contributed by atoms with Gasteiger partial charge in [0, 0.05) is 16.6 Å². The van der Waals surface area contributed by atoms with Crippen molar-refractivity contribution in [2.75, 3.05) is 5.73 Å². The third-order valence-electron chi connectivity index (χ3n) is 7.13. The molecular weight excluding hydrogens is 386 g/mol. The van der Waals surface area contributed by atoms with E-state index in [0.717, 1.165) is 5.69 Å². The molecule has 0 aromatic heterocycles. The number of rotatable bonds is 4. The van der Waals surface area contributed by atoms with Crippen LogP contribution in [0.25, 0.3) is 43.4 Å². The molecule has 0 atom stereocenters. The van der Waals surface area contributed by atoms with Gasteiger partial charge in [0.25, 0.3) is 0 Å². The van der Waals surface area contributed by atoms with Crippen molar-refractivity contribution in [2.45, 2.75) is 59.3 Å². The van der Waals surface area contributed by atoms with Crippen LogP contribution in [-0.2, 0) is 0 Å². The summed E-state index contributed by atoms with van der Waals surface area (Å²) in [5.74, 6) is 1.37. The Hall–Kier alpha value is -3.06. The molecule has 5 aromatic carbocycles. The van der Waals surface area contributed by atoms with Crippen molar-refractivity contribution in [3.63, 3.8) is 0 Å². The third-order valence-corrected chi connectivity index (χ3v) is 7.13. The van der Waals surface area contributed by atoms with Gasteiger partial charge in [0.05, 0.1) is 0 Å². The van der Waals surface area contributed by atoms with E-state index in [1.165, 1.54) is 60.1 Å². The van der Waals surface area contributed by atoms with Crippen molar-refractivity contribution in [3.05, 3.63) is 77.4 Å². The lowest BCUT2D eigenvalue weighted by molar-refractivity contribution is 0.866. The Bertz CT molecular complexity index is 1440. The number of anilines is 1. The Balaban J connectivity index is 1.93. The van der Waals surface area contributed by atoms with Crippen molar-refractivity contribution in [1.29, 1.82) is 0 Å². The molecule has 1 nitrogen and oxygen atoms in total. The molecule has 0 saturated carbocycles. The highest BCUT2D eigenvalue weighted by Gasteiger charge is 2.22. The minimum atomic E-state index is 0.367. The summed E-state index contributed by atoms with van der Waals surface area (Å²) in [6.07, 6.45) is 0. The molecule has 32 heavy (non-hydrogen) atoms. The van der Waals surface area contributed by atoms with Gasteiger partial charge in [0.1, 0.15) is 0 Å². The molecule has 0 radical (unpaired) electrons. The molecule has 0 fully saturated rings. The summed E-state index contributed by atoms with van der Waals surface area (Å²) in [4.78, 5) is 0. The second kappa shape index (κ2) is 7.52. The molecule has 162 valence electrons. The summed E-state index contributed by atoms with van der Waals surface area (Å²) < 4.78 is 0. The Labute approximate surface area is 191 Å². The predicted octanol–water partition coefficient (Wildman–Crippen LogP) is 9.20. The van der Waals surface area contributed by atoms with Crippen molar-refractivity contribution in [1.82, 2.24) is 0 Å². The number of nitrogen functional groups attached to an aromatic ring is 1. The van der Waals surface area contributed by atoms with E-state index >= 15 is 0 Å². The Morgan fingerprint density at radius 1 is 0.562 bits per heavy atom. The van der Waals surface area contributed by atoms with Gasteiger partial charge in [-0.05, 0) is 66.9 Å². The highest BCUT2D eigenvalue weighted by Crippen LogP contribution is 2.47. The molecule has 5 aromatic rings. The highest BCUT2D eigenvalue weighted by molar-refractivity contribution is 6.28. The Morgan fingerprint density at radius 3 is 1.81 bits per heavy atom. The maximum atomic E-state index is 7.00. The van der Waals surface area contributed by atoms with Gasteiger partial charge in [-0.2, -0.15) is 0 Å². The van der Waals surface area contributed by atoms with Crippen molar-refractivity contribution < 1.29 is 0 Å². The molecule has 0 aliphatic heterocycles. The molecule has 0 amide bonds. The normalized spacial score (nSPS) is 12.4. The number of nitrogens with two attached hydrogens (primary N) is 1. The van der Waals surface area contributed by atoms with Gasteiger partial charge in [-0.1, -0.05) is 102 Å². The van der Waals surface area contributed by atoms with Crippen molar-refractivity contribution in [3.8, 4) is 11.1 Å². The van der Waals surface area contributed by atoms with E-state index in [0.29, 0.717) is 17.8 Å². The Kier molecular flexibility index (Phi) is 4.89. The lowest BCUT2D eigenvalue weighted by atomic mass is 9.81. The van der Waals surface area contributed by atoms with Crippen LogP contribution in [0.2, 0.25) is 0 Å². The van der Waals surface area contributed by atoms with Crippen LogP contribution in [0.15, 0.2) is 60.7 Å². The second-order valence-corrected chi connectivity index (χ2v) is 10.2. The van der Waals surface area contributed by atoms with Gasteiger partial charge in [0.2, 0.25) is 0 Å². The summed E-state index contributed by atoms with van der Waals surface area (Å²) in [5.41, 5.74) is 14.4. The maximum Gasteiger partial charge on any atom is 0.0476 e. The van der Waals surface area contributed by atoms with Crippen LogP contribution in [0.4, 0.5) is 5.69 Å². The molecular formula is C31H33N. The first-order valence-electron chi connectivity index (χ1n) is 11.9. The van der Waals surface area contributed by atoms with Crippen LogP contribution in [-0.4, -0.2) is 0 Å². The summed E-state index contributed by atoms with van der Waals surface area (Å²) >= 11 is 0. The first-order chi connectivity index (χ1) is 15.3. The average Bonchev–Trinajstić information content (AvgIpc) is 2.77. The van der Waals surface area contributed by atoms with Gasteiger partial charge in [-0.15, -0.1) is 0 Å². The van der Waals surface area contributed by atoms with Gasteiger partial charge >= 0.3 is 0 Å². The topological polar surface area (TPSA) is 26.0 Å². The number of hydrogen-bond acceptors (Lipinski definition) is 1. The lowest BCUT2D eigenvalue weighted by Gasteiger charge is -2.24. The molecule has 0 bridgehead atoms. The van der Waals surface area contributed by atoms with Crippen molar-refractivity contribution >= 4 is 38.0 Å². The summed E-state index contributed by atoms with van der Waals surface area (Å²) in [6, 6.07) is 22.7. The molecule has 0 aliphatic carbocycles. The molecule has 0 spiro atoms. The van der Waals surface area contributed by atoms with E-state index in [4.69, 9.17) is 5.73 Å². The van der Waals surface area contributed by atoms with Gasteiger partial charge in [-0.25, -0.2) is 0 Å². The van der Waals surface area contributed by atoms with Crippen LogP contribution in [0, 0.1) is 0 Å². The summed E-state index contributed by atoms with van der Waals surface area (Å²) in [6.45, 7) is 13.6. The first-order valence-corrected chi connectivity index (χ1v) is 11.9. The van der Waals surface area contributed by atoms with E-state index in [2.05, 4.69) is 102 Å². The van der Waals surface area contributed by atoms with E-state index in [9.17, 15) is 0 Å². The van der Waals surface area contributed by atoms with Gasteiger partial charge < -0.3 is 5.73 Å². The summed E-state index contributed by atoms with van der Waals surface area (Å²) in [5, 5.41) is 7.86. The molecule has 0 unspecified atom stereocenters. The fraction of sp³-hybridized carbons (Fsp3) is 0.290. The van der Waals surface area contributed by atoms with E-state index in [-0.39, 0.29) is 0 Å². The van der Waals surface area contributed by atoms with Gasteiger partial charge in [-0.3, -0.25) is 0 Å². The fourth-order valence-electron chi connectivity index (χ4n) is 5.48. The first kappa shape index (κ1) is 20.8. The summed E-state index contributed by atoms with van der Waals surface area (Å²) in [7, 11) is 0. The monoisotopic (exact) mass is 419 g/mol. The third kappa shape index (κ3) is 2.98. The lowest BCUT2D eigenvalue weighted by Crippen LogP contribution is -2.03. The molecule has 2 N–H and O–H groups in total. The SMILES string of the molecule is CC(C)c1ccc(-c2c(N)c3ccc4c(C(C)C)ccc5ccc(c2C(C)C)c3c54)cc1. The maximum absolute atomic E-state index is 7.00. The quantitative estimate of drug-likeness (QED) is 0.228. The van der Waals surface area contributed by atoms with Crippen LogP contribution in [0.1, 0.15) is 76.0 Å². The zero-order valence-corrected chi connectivity index (χ0v) is 20.1. The van der Waals surface area contributed by atoms with Gasteiger partial charge in [0.15, 0.2) is 0 Å².